The van der Waals surface area contributed by atoms with E-state index in [1.165, 1.54) is 19.2 Å². The van der Waals surface area contributed by atoms with Crippen LogP contribution in [0.25, 0.3) is 6.08 Å². The number of nitrogens with zero attached hydrogens (tertiary/aromatic N) is 3. The summed E-state index contributed by atoms with van der Waals surface area (Å²) in [6, 6.07) is 7.69. The minimum Gasteiger partial charge on any atom is -0.490 e. The van der Waals surface area contributed by atoms with Gasteiger partial charge >= 0.3 is 0 Å². The van der Waals surface area contributed by atoms with E-state index < -0.39 is 4.92 Å². The summed E-state index contributed by atoms with van der Waals surface area (Å²) in [5.41, 5.74) is 0.518. The number of ether oxygens (including phenoxy) is 2. The molecule has 1 aromatic heterocycles. The van der Waals surface area contributed by atoms with Crippen LogP contribution in [0.15, 0.2) is 41.4 Å². The Bertz CT molecular complexity index is 974. The van der Waals surface area contributed by atoms with Crippen LogP contribution in [0, 0.1) is 10.1 Å². The van der Waals surface area contributed by atoms with Crippen molar-refractivity contribution in [2.75, 3.05) is 13.7 Å². The highest BCUT2D eigenvalue weighted by atomic mass is 32.2. The third-order valence-corrected chi connectivity index (χ3v) is 4.66. The Kier molecular flexibility index (Phi) is 5.59. The van der Waals surface area contributed by atoms with Crippen molar-refractivity contribution in [1.29, 1.82) is 0 Å². The molecule has 0 N–H and O–H groups in total. The zero-order valence-electron chi connectivity index (χ0n) is 14.9. The van der Waals surface area contributed by atoms with Gasteiger partial charge in [-0.15, -0.1) is 0 Å². The molecule has 0 radical (unpaired) electrons. The number of thioether (sulfide) groups is 1. The molecule has 3 rings (SSSR count). The van der Waals surface area contributed by atoms with Crippen molar-refractivity contribution in [2.24, 2.45) is 0 Å². The minimum atomic E-state index is -0.546. The first kappa shape index (κ1) is 19.4. The molecule has 0 aliphatic carbocycles. The van der Waals surface area contributed by atoms with Gasteiger partial charge in [0.25, 0.3) is 16.8 Å². The number of likely N-dealkylation sites (N-methyl/N-ethyl adjacent to an activating group) is 1. The van der Waals surface area contributed by atoms with Crippen molar-refractivity contribution in [3.05, 3.63) is 57.1 Å². The maximum Gasteiger partial charge on any atom is 0.293 e. The maximum atomic E-state index is 12.0. The van der Waals surface area contributed by atoms with E-state index in [-0.39, 0.29) is 22.7 Å². The van der Waals surface area contributed by atoms with Gasteiger partial charge in [-0.1, -0.05) is 6.07 Å². The van der Waals surface area contributed by atoms with E-state index in [1.807, 2.05) is 6.92 Å². The lowest BCUT2D eigenvalue weighted by Crippen LogP contribution is -2.22. The van der Waals surface area contributed by atoms with Gasteiger partial charge in [-0.3, -0.25) is 24.6 Å². The Morgan fingerprint density at radius 3 is 2.61 bits per heavy atom. The van der Waals surface area contributed by atoms with Crippen LogP contribution in [-0.4, -0.2) is 39.6 Å². The molecule has 1 aliphatic rings. The van der Waals surface area contributed by atoms with Crippen molar-refractivity contribution in [3.8, 4) is 17.4 Å². The van der Waals surface area contributed by atoms with Crippen LogP contribution in [0.3, 0.4) is 0 Å². The third-order valence-electron chi connectivity index (χ3n) is 3.70. The molecule has 1 aliphatic heterocycles. The molecular weight excluding hydrogens is 386 g/mol. The fraction of sp³-hybridized carbons (Fsp3) is 0.167. The largest absolute Gasteiger partial charge is 0.490 e. The summed E-state index contributed by atoms with van der Waals surface area (Å²) < 4.78 is 11.2. The molecule has 1 saturated heterocycles. The molecule has 0 bridgehead atoms. The van der Waals surface area contributed by atoms with Gasteiger partial charge < -0.3 is 9.47 Å². The molecule has 2 amide bonds. The second-order valence-corrected chi connectivity index (χ2v) is 6.59. The number of hydrogen-bond donors (Lipinski definition) is 0. The lowest BCUT2D eigenvalue weighted by Gasteiger charge is -2.12. The third kappa shape index (κ3) is 4.12. The van der Waals surface area contributed by atoms with Crippen LogP contribution >= 0.6 is 11.8 Å². The summed E-state index contributed by atoms with van der Waals surface area (Å²) in [6.07, 6.45) is 2.70. The number of pyridine rings is 1. The number of aromatic nitrogens is 1. The molecule has 28 heavy (non-hydrogen) atoms. The van der Waals surface area contributed by atoms with Crippen LogP contribution < -0.4 is 9.47 Å². The Labute approximate surface area is 164 Å². The van der Waals surface area contributed by atoms with Crippen molar-refractivity contribution < 1.29 is 24.0 Å². The first-order valence-electron chi connectivity index (χ1n) is 8.15. The van der Waals surface area contributed by atoms with E-state index in [4.69, 9.17) is 9.47 Å². The molecule has 1 fully saturated rings. The lowest BCUT2D eigenvalue weighted by molar-refractivity contribution is -0.385. The molecule has 0 spiro atoms. The summed E-state index contributed by atoms with van der Waals surface area (Å²) in [6.45, 7) is 2.18. The Morgan fingerprint density at radius 1 is 1.25 bits per heavy atom. The summed E-state index contributed by atoms with van der Waals surface area (Å²) in [7, 11) is 1.43. The first-order valence-corrected chi connectivity index (χ1v) is 8.97. The van der Waals surface area contributed by atoms with Crippen LogP contribution in [0.1, 0.15) is 12.5 Å². The minimum absolute atomic E-state index is 0.141. The molecular formula is C18H15N3O6S. The van der Waals surface area contributed by atoms with Gasteiger partial charge in [-0.05, 0) is 42.5 Å². The second kappa shape index (κ2) is 8.09. The SMILES string of the molecule is CCOc1cc(/C=C2\SC(=O)N(C)C2=O)ccc1Oc1ccc([N+](=O)[O-])cn1. The fourth-order valence-corrected chi connectivity index (χ4v) is 3.14. The van der Waals surface area contributed by atoms with Crippen molar-refractivity contribution in [1.82, 2.24) is 9.88 Å². The van der Waals surface area contributed by atoms with Gasteiger partial charge in [0.15, 0.2) is 11.5 Å². The molecule has 2 heterocycles. The van der Waals surface area contributed by atoms with Crippen molar-refractivity contribution in [2.45, 2.75) is 6.92 Å². The fourth-order valence-electron chi connectivity index (χ4n) is 2.32. The Morgan fingerprint density at radius 2 is 2.04 bits per heavy atom. The zero-order valence-corrected chi connectivity index (χ0v) is 15.8. The van der Waals surface area contributed by atoms with Crippen LogP contribution in [0.4, 0.5) is 10.5 Å². The van der Waals surface area contributed by atoms with E-state index >= 15 is 0 Å². The number of rotatable bonds is 6. The quantitative estimate of drug-likeness (QED) is 0.408. The van der Waals surface area contributed by atoms with E-state index in [0.29, 0.717) is 28.6 Å². The number of nitro groups is 1. The van der Waals surface area contributed by atoms with Gasteiger partial charge in [0.1, 0.15) is 6.20 Å². The van der Waals surface area contributed by atoms with Gasteiger partial charge in [0.05, 0.1) is 16.4 Å². The van der Waals surface area contributed by atoms with Crippen LogP contribution in [0.2, 0.25) is 0 Å². The highest BCUT2D eigenvalue weighted by molar-refractivity contribution is 8.18. The maximum absolute atomic E-state index is 12.0. The van der Waals surface area contributed by atoms with Crippen molar-refractivity contribution >= 4 is 34.7 Å². The molecule has 144 valence electrons. The average Bonchev–Trinajstić information content (AvgIpc) is 2.91. The molecule has 0 atom stereocenters. The highest BCUT2D eigenvalue weighted by Gasteiger charge is 2.31. The number of carbonyl (C=O) groups excluding carboxylic acids is 2. The van der Waals surface area contributed by atoms with Crippen molar-refractivity contribution in [3.63, 3.8) is 0 Å². The summed E-state index contributed by atoms with van der Waals surface area (Å²) in [5.74, 6) is 0.589. The molecule has 1 aromatic carbocycles. The van der Waals surface area contributed by atoms with Gasteiger partial charge in [-0.2, -0.15) is 0 Å². The molecule has 0 unspecified atom stereocenters. The predicted octanol–water partition coefficient (Wildman–Crippen LogP) is 3.85. The Balaban J connectivity index is 1.86. The molecule has 0 saturated carbocycles. The lowest BCUT2D eigenvalue weighted by atomic mass is 10.2. The topological polar surface area (TPSA) is 112 Å². The van der Waals surface area contributed by atoms with E-state index in [9.17, 15) is 19.7 Å². The number of imide groups is 1. The second-order valence-electron chi connectivity index (χ2n) is 5.59. The highest BCUT2D eigenvalue weighted by Crippen LogP contribution is 2.35. The zero-order chi connectivity index (χ0) is 20.3. The van der Waals surface area contributed by atoms with Crippen LogP contribution in [0.5, 0.6) is 17.4 Å². The monoisotopic (exact) mass is 401 g/mol. The van der Waals surface area contributed by atoms with E-state index in [1.54, 1.807) is 24.3 Å². The number of hydrogen-bond acceptors (Lipinski definition) is 8. The Hall–Kier alpha value is -3.40. The molecule has 10 heteroatoms. The number of carbonyl (C=O) groups is 2. The molecule has 2 aromatic rings. The van der Waals surface area contributed by atoms with E-state index in [2.05, 4.69) is 4.98 Å². The van der Waals surface area contributed by atoms with E-state index in [0.717, 1.165) is 22.9 Å². The summed E-state index contributed by atoms with van der Waals surface area (Å²) in [5, 5.41) is 10.4. The van der Waals surface area contributed by atoms with Gasteiger partial charge in [-0.25, -0.2) is 4.98 Å². The van der Waals surface area contributed by atoms with Crippen LogP contribution in [-0.2, 0) is 4.79 Å². The summed E-state index contributed by atoms with van der Waals surface area (Å²) >= 11 is 0.868. The summed E-state index contributed by atoms with van der Waals surface area (Å²) in [4.78, 5) is 39.1. The molecule has 9 nitrogen and oxygen atoms in total. The van der Waals surface area contributed by atoms with Gasteiger partial charge in [0, 0.05) is 19.2 Å². The predicted molar refractivity (Wildman–Crippen MR) is 102 cm³/mol. The number of benzene rings is 1. The van der Waals surface area contributed by atoms with Gasteiger partial charge in [0.2, 0.25) is 5.88 Å². The first-order chi connectivity index (χ1) is 13.4. The number of amides is 2. The standard InChI is InChI=1S/C18H15N3O6S/c1-3-26-14-8-11(9-15-17(22)20(2)18(23)28-15)4-6-13(14)27-16-7-5-12(10-19-16)21(24)25/h4-10H,3H2,1-2H3/b15-9-. The normalized spacial score (nSPS) is 15.2. The average molecular weight is 401 g/mol. The smallest absolute Gasteiger partial charge is 0.293 e.